The van der Waals surface area contributed by atoms with Crippen molar-refractivity contribution in [2.24, 2.45) is 22.3 Å². The standard InChI is InChI=1S/C29H33ClN5O7PS2/c1-27(2,3)29(28(4,5)6,42-43(36,37)38)35-14-15-44-26(35)33-45(39,40)21-9-11-24(19(16-21)18-31)41-25-10-8-20(30)17-22(25)23-12-13-32-34(23)7/h8-17H,1-7H3,(H2,36,37,38). The van der Waals surface area contributed by atoms with E-state index in [1.807, 2.05) is 6.07 Å². The quantitative estimate of drug-likeness (QED) is 0.198. The van der Waals surface area contributed by atoms with Gasteiger partial charge in [-0.25, -0.2) is 4.57 Å². The second-order valence-electron chi connectivity index (χ2n) is 12.2. The number of ether oxygens (including phenoxy) is 1. The van der Waals surface area contributed by atoms with Crippen LogP contribution in [0.4, 0.5) is 0 Å². The highest BCUT2D eigenvalue weighted by Crippen LogP contribution is 2.58. The van der Waals surface area contributed by atoms with Crippen LogP contribution in [0.5, 0.6) is 11.5 Å². The maximum absolute atomic E-state index is 13.6. The van der Waals surface area contributed by atoms with Crippen molar-refractivity contribution in [2.45, 2.75) is 52.2 Å². The second kappa shape index (κ2) is 12.1. The van der Waals surface area contributed by atoms with Crippen molar-refractivity contribution in [1.82, 2.24) is 14.3 Å². The third-order valence-electron chi connectivity index (χ3n) is 7.04. The molecule has 2 N–H and O–H groups in total. The number of hydrogen-bond acceptors (Lipinski definition) is 8. The van der Waals surface area contributed by atoms with Gasteiger partial charge >= 0.3 is 7.82 Å². The molecule has 0 aliphatic carbocycles. The van der Waals surface area contributed by atoms with Gasteiger partial charge in [-0.05, 0) is 42.5 Å². The van der Waals surface area contributed by atoms with Gasteiger partial charge in [0.1, 0.15) is 17.6 Å². The zero-order chi connectivity index (χ0) is 33.6. The number of aryl methyl sites for hydroxylation is 1. The number of hydrogen-bond donors (Lipinski definition) is 2. The maximum atomic E-state index is 13.6. The number of sulfonamides is 1. The monoisotopic (exact) mass is 693 g/mol. The maximum Gasteiger partial charge on any atom is 0.471 e. The Morgan fingerprint density at radius 3 is 2.24 bits per heavy atom. The molecule has 0 fully saturated rings. The lowest BCUT2D eigenvalue weighted by Gasteiger charge is -2.52. The molecule has 0 saturated heterocycles. The summed E-state index contributed by atoms with van der Waals surface area (Å²) in [5.74, 6) is 0.466. The van der Waals surface area contributed by atoms with Crippen molar-refractivity contribution in [2.75, 3.05) is 0 Å². The molecular formula is C29H33ClN5O7PS2. The molecule has 4 aromatic rings. The fourth-order valence-corrected chi connectivity index (χ4v) is 8.60. The Hall–Kier alpha value is -3.28. The lowest BCUT2D eigenvalue weighted by Crippen LogP contribution is -2.58. The van der Waals surface area contributed by atoms with Gasteiger partial charge < -0.3 is 14.5 Å². The number of aromatic nitrogens is 3. The number of benzene rings is 2. The first-order valence-corrected chi connectivity index (χ1v) is 17.7. The van der Waals surface area contributed by atoms with E-state index in [0.29, 0.717) is 22.0 Å². The van der Waals surface area contributed by atoms with Gasteiger partial charge in [0, 0.05) is 46.2 Å². The summed E-state index contributed by atoms with van der Waals surface area (Å²) in [4.78, 5) is 19.5. The summed E-state index contributed by atoms with van der Waals surface area (Å²) < 4.78 is 58.2. The van der Waals surface area contributed by atoms with E-state index in [9.17, 15) is 28.0 Å². The summed E-state index contributed by atoms with van der Waals surface area (Å²) >= 11 is 7.19. The predicted molar refractivity (Wildman–Crippen MR) is 170 cm³/mol. The lowest BCUT2D eigenvalue weighted by atomic mass is 9.68. The van der Waals surface area contributed by atoms with Gasteiger partial charge in [0.05, 0.1) is 16.2 Å². The molecule has 2 aromatic carbocycles. The minimum atomic E-state index is -5.09. The Bertz CT molecular complexity index is 1990. The van der Waals surface area contributed by atoms with Gasteiger partial charge in [0.25, 0.3) is 10.0 Å². The largest absolute Gasteiger partial charge is 0.471 e. The van der Waals surface area contributed by atoms with Crippen LogP contribution in [-0.2, 0) is 31.9 Å². The highest BCUT2D eigenvalue weighted by molar-refractivity contribution is 7.90. The summed E-state index contributed by atoms with van der Waals surface area (Å²) in [5.41, 5.74) is -2.42. The molecule has 0 saturated carbocycles. The minimum absolute atomic E-state index is 0.0696. The van der Waals surface area contributed by atoms with E-state index in [4.69, 9.17) is 20.9 Å². The number of nitriles is 1. The topological polar surface area (TPSA) is 169 Å². The SMILES string of the molecule is Cn1nccc1-c1cc(Cl)ccc1Oc1ccc(S(=O)(=O)N=c2sccn2C(OP(=O)(O)O)(C(C)(C)C)C(C)(C)C)cc1C#N. The molecule has 0 bridgehead atoms. The molecule has 4 rings (SSSR count). The fraction of sp³-hybridized carbons (Fsp3) is 0.345. The molecule has 2 aromatic heterocycles. The minimum Gasteiger partial charge on any atom is -0.455 e. The zero-order valence-corrected chi connectivity index (χ0v) is 28.9. The number of thiazole rings is 1. The van der Waals surface area contributed by atoms with Crippen LogP contribution in [0, 0.1) is 22.2 Å². The third-order valence-corrected chi connectivity index (χ3v) is 9.91. The first-order chi connectivity index (χ1) is 20.7. The lowest BCUT2D eigenvalue weighted by molar-refractivity contribution is -0.192. The van der Waals surface area contributed by atoms with E-state index in [2.05, 4.69) is 9.50 Å². The van der Waals surface area contributed by atoms with Crippen molar-refractivity contribution in [3.05, 3.63) is 75.6 Å². The Labute approximate surface area is 270 Å². The van der Waals surface area contributed by atoms with E-state index in [0.717, 1.165) is 17.4 Å². The van der Waals surface area contributed by atoms with Crippen LogP contribution in [0.1, 0.15) is 47.1 Å². The summed E-state index contributed by atoms with van der Waals surface area (Å²) in [6.45, 7) is 10.4. The summed E-state index contributed by atoms with van der Waals surface area (Å²) in [7, 11) is -7.78. The van der Waals surface area contributed by atoms with Crippen molar-refractivity contribution in [1.29, 1.82) is 5.26 Å². The Morgan fingerprint density at radius 1 is 1.04 bits per heavy atom. The predicted octanol–water partition coefficient (Wildman–Crippen LogP) is 6.41. The van der Waals surface area contributed by atoms with Crippen molar-refractivity contribution < 1.29 is 32.0 Å². The van der Waals surface area contributed by atoms with Gasteiger partial charge in [-0.15, -0.1) is 15.7 Å². The second-order valence-corrected chi connectivity index (χ2v) is 16.3. The number of phosphoric ester groups is 1. The Kier molecular flexibility index (Phi) is 9.34. The smallest absolute Gasteiger partial charge is 0.455 e. The fourth-order valence-electron chi connectivity index (χ4n) is 5.46. The van der Waals surface area contributed by atoms with Crippen molar-refractivity contribution >= 4 is 40.8 Å². The van der Waals surface area contributed by atoms with Crippen LogP contribution in [0.15, 0.2) is 69.5 Å². The molecule has 240 valence electrons. The summed E-state index contributed by atoms with van der Waals surface area (Å²) in [5, 5.41) is 16.1. The van der Waals surface area contributed by atoms with Crippen LogP contribution in [0.3, 0.4) is 0 Å². The summed E-state index contributed by atoms with van der Waals surface area (Å²) in [6, 6.07) is 12.5. The average Bonchev–Trinajstić information content (AvgIpc) is 3.54. The molecule has 0 aliphatic rings. The number of halogens is 1. The molecule has 0 spiro atoms. The Morgan fingerprint density at radius 2 is 1.69 bits per heavy atom. The molecule has 0 unspecified atom stereocenters. The normalized spacial score (nSPS) is 13.6. The van der Waals surface area contributed by atoms with Gasteiger partial charge in [0.2, 0.25) is 4.80 Å². The number of rotatable bonds is 8. The molecule has 0 amide bonds. The van der Waals surface area contributed by atoms with E-state index in [1.165, 1.54) is 22.9 Å². The molecule has 16 heteroatoms. The molecular weight excluding hydrogens is 661 g/mol. The van der Waals surface area contributed by atoms with Gasteiger partial charge in [-0.3, -0.25) is 13.8 Å². The average molecular weight is 694 g/mol. The molecule has 0 aliphatic heterocycles. The van der Waals surface area contributed by atoms with E-state index < -0.39 is 34.4 Å². The third kappa shape index (κ3) is 6.95. The van der Waals surface area contributed by atoms with Gasteiger partial charge in [-0.2, -0.15) is 18.8 Å². The van der Waals surface area contributed by atoms with Gasteiger partial charge in [0.15, 0.2) is 5.72 Å². The highest BCUT2D eigenvalue weighted by Gasteiger charge is 2.57. The first kappa shape index (κ1) is 34.6. The van der Waals surface area contributed by atoms with Gasteiger partial charge in [-0.1, -0.05) is 53.1 Å². The molecule has 12 nitrogen and oxygen atoms in total. The van der Waals surface area contributed by atoms with Crippen LogP contribution in [-0.4, -0.2) is 32.6 Å². The van der Waals surface area contributed by atoms with E-state index in [1.54, 1.807) is 89.1 Å². The van der Waals surface area contributed by atoms with Crippen LogP contribution in [0.2, 0.25) is 5.02 Å². The Balaban J connectivity index is 1.82. The van der Waals surface area contributed by atoms with Crippen LogP contribution >= 0.6 is 30.8 Å². The zero-order valence-electron chi connectivity index (χ0n) is 25.6. The van der Waals surface area contributed by atoms with Crippen LogP contribution < -0.4 is 9.54 Å². The highest BCUT2D eigenvalue weighted by atomic mass is 35.5. The van der Waals surface area contributed by atoms with E-state index >= 15 is 0 Å². The molecule has 0 atom stereocenters. The number of phosphoric acid groups is 1. The van der Waals surface area contributed by atoms with E-state index in [-0.39, 0.29) is 21.0 Å². The number of nitrogens with zero attached hydrogens (tertiary/aromatic N) is 5. The first-order valence-electron chi connectivity index (χ1n) is 13.4. The van der Waals surface area contributed by atoms with Crippen LogP contribution in [0.25, 0.3) is 11.3 Å². The van der Waals surface area contributed by atoms with Crippen molar-refractivity contribution in [3.8, 4) is 28.8 Å². The molecule has 0 radical (unpaired) electrons. The van der Waals surface area contributed by atoms with Crippen molar-refractivity contribution in [3.63, 3.8) is 0 Å². The summed E-state index contributed by atoms with van der Waals surface area (Å²) in [6.07, 6.45) is 3.10. The molecule has 45 heavy (non-hydrogen) atoms. The molecule has 2 heterocycles.